The highest BCUT2D eigenvalue weighted by Gasteiger charge is 2.23. The minimum Gasteiger partial charge on any atom is -0.622 e. The van der Waals surface area contributed by atoms with Gasteiger partial charge in [0.1, 0.15) is 16.0 Å². The van der Waals surface area contributed by atoms with Crippen LogP contribution in [0.3, 0.4) is 0 Å². The topological polar surface area (TPSA) is 61.4 Å². The molecule has 0 aliphatic carbocycles. The summed E-state index contributed by atoms with van der Waals surface area (Å²) in [6, 6.07) is 14.9. The predicted molar refractivity (Wildman–Crippen MR) is 79.4 cm³/mol. The number of nitrogens with zero attached hydrogens (tertiary/aromatic N) is 1. The summed E-state index contributed by atoms with van der Waals surface area (Å²) in [5.74, 6) is 0. The van der Waals surface area contributed by atoms with Gasteiger partial charge in [0.15, 0.2) is 0 Å². The number of nitrogens with two attached hydrogens (primary N) is 1. The largest absolute Gasteiger partial charge is 0.622 e. The number of hydrogen-bond donors (Lipinski definition) is 1. The van der Waals surface area contributed by atoms with Crippen LogP contribution in [-0.4, -0.2) is 4.55 Å². The monoisotopic (exact) mass is 270 g/mol. The van der Waals surface area contributed by atoms with Crippen molar-refractivity contribution in [2.75, 3.05) is 5.73 Å². The van der Waals surface area contributed by atoms with Gasteiger partial charge < -0.3 is 10.3 Å². The fourth-order valence-electron chi connectivity index (χ4n) is 2.18. The summed E-state index contributed by atoms with van der Waals surface area (Å²) >= 11 is 0. The summed E-state index contributed by atoms with van der Waals surface area (Å²) in [4.78, 5) is 0.711. The van der Waals surface area contributed by atoms with Crippen molar-refractivity contribution in [3.8, 4) is 0 Å². The number of allylic oxidation sites excluding steroid dienone is 1. The second-order valence-corrected chi connectivity index (χ2v) is 6.54. The number of anilines is 1. The van der Waals surface area contributed by atoms with Gasteiger partial charge in [0.2, 0.25) is 0 Å². The van der Waals surface area contributed by atoms with E-state index < -0.39 is 10.1 Å². The molecule has 0 fully saturated rings. The summed E-state index contributed by atoms with van der Waals surface area (Å²) in [7, 11) is -2.57. The second-order valence-electron chi connectivity index (χ2n) is 4.52. The maximum atomic E-state index is 13.0. The Hall–Kier alpha value is -1.91. The van der Waals surface area contributed by atoms with E-state index >= 15 is 0 Å². The van der Waals surface area contributed by atoms with E-state index in [2.05, 4.69) is 4.36 Å². The molecule has 3 nitrogen and oxygen atoms in total. The molecule has 1 aliphatic rings. The van der Waals surface area contributed by atoms with Gasteiger partial charge in [-0.15, -0.1) is 0 Å². The van der Waals surface area contributed by atoms with Crippen molar-refractivity contribution in [3.63, 3.8) is 0 Å². The molecule has 4 heteroatoms. The van der Waals surface area contributed by atoms with E-state index in [1.807, 2.05) is 49.4 Å². The third kappa shape index (κ3) is 1.99. The Morgan fingerprint density at radius 3 is 2.53 bits per heavy atom. The third-order valence-electron chi connectivity index (χ3n) is 3.14. The van der Waals surface area contributed by atoms with Gasteiger partial charge in [0, 0.05) is 11.1 Å². The molecule has 0 aromatic heterocycles. The Bertz CT molecular complexity index is 720. The van der Waals surface area contributed by atoms with Crippen LogP contribution in [0.2, 0.25) is 0 Å². The molecule has 2 aromatic carbocycles. The molecule has 96 valence electrons. The average molecular weight is 270 g/mol. The molecule has 1 unspecified atom stereocenters. The molecular formula is C15H14N2OS. The molecule has 1 atom stereocenters. The van der Waals surface area contributed by atoms with Gasteiger partial charge in [-0.25, -0.2) is 0 Å². The van der Waals surface area contributed by atoms with Crippen LogP contribution < -0.4 is 5.73 Å². The Labute approximate surface area is 113 Å². The number of hydrogen-bond acceptors (Lipinski definition) is 3. The van der Waals surface area contributed by atoms with Crippen LogP contribution in [0.5, 0.6) is 0 Å². The van der Waals surface area contributed by atoms with Crippen LogP contribution in [0, 0.1) is 0 Å². The predicted octanol–water partition coefficient (Wildman–Crippen LogP) is 3.80. The molecule has 0 saturated heterocycles. The zero-order valence-corrected chi connectivity index (χ0v) is 11.4. The van der Waals surface area contributed by atoms with Crippen molar-refractivity contribution in [1.82, 2.24) is 0 Å². The van der Waals surface area contributed by atoms with E-state index in [-0.39, 0.29) is 0 Å². The first-order chi connectivity index (χ1) is 9.10. The van der Waals surface area contributed by atoms with Crippen LogP contribution in [0.1, 0.15) is 12.5 Å². The highest BCUT2D eigenvalue weighted by molar-refractivity contribution is 8.03. The molecule has 0 amide bonds. The summed E-state index contributed by atoms with van der Waals surface area (Å²) < 4.78 is 17.5. The number of rotatable bonds is 1. The molecule has 0 bridgehead atoms. The van der Waals surface area contributed by atoms with Gasteiger partial charge in [-0.05, 0) is 35.2 Å². The van der Waals surface area contributed by atoms with E-state index in [0.717, 1.165) is 11.1 Å². The molecule has 3 rings (SSSR count). The Kier molecular flexibility index (Phi) is 2.77. The third-order valence-corrected chi connectivity index (χ3v) is 5.21. The standard InChI is InChI=1S/C15H14N2OS/c1-11-10-19(18,12-6-3-2-4-7-12)17-15-13(11)8-5-9-14(15)16/h2-10H,16H2,1H3. The lowest BCUT2D eigenvalue weighted by Gasteiger charge is -2.23. The fourth-order valence-corrected chi connectivity index (χ4v) is 4.11. The Morgan fingerprint density at radius 1 is 1.05 bits per heavy atom. The van der Waals surface area contributed by atoms with Crippen LogP contribution in [0.4, 0.5) is 11.4 Å². The lowest BCUT2D eigenvalue weighted by atomic mass is 10.1. The lowest BCUT2D eigenvalue weighted by molar-refractivity contribution is 0.593. The first-order valence-electron chi connectivity index (χ1n) is 5.99. The molecule has 1 heterocycles. The van der Waals surface area contributed by atoms with Crippen molar-refractivity contribution in [1.29, 1.82) is 0 Å². The summed E-state index contributed by atoms with van der Waals surface area (Å²) in [5, 5.41) is 1.74. The zero-order valence-electron chi connectivity index (χ0n) is 10.5. The summed E-state index contributed by atoms with van der Waals surface area (Å²) in [6.07, 6.45) is 0. The smallest absolute Gasteiger partial charge is 0.141 e. The highest BCUT2D eigenvalue weighted by atomic mass is 32.3. The van der Waals surface area contributed by atoms with Crippen molar-refractivity contribution < 1.29 is 4.55 Å². The van der Waals surface area contributed by atoms with E-state index in [0.29, 0.717) is 16.3 Å². The molecule has 19 heavy (non-hydrogen) atoms. The van der Waals surface area contributed by atoms with Crippen LogP contribution in [-0.2, 0) is 10.1 Å². The molecular weight excluding hydrogens is 256 g/mol. The molecule has 0 spiro atoms. The lowest BCUT2D eigenvalue weighted by Crippen LogP contribution is -2.11. The second kappa shape index (κ2) is 4.33. The summed E-state index contributed by atoms with van der Waals surface area (Å²) in [5.41, 5.74) is 9.06. The van der Waals surface area contributed by atoms with E-state index in [4.69, 9.17) is 5.73 Å². The normalized spacial score (nSPS) is 21.3. The highest BCUT2D eigenvalue weighted by Crippen LogP contribution is 2.41. The number of benzene rings is 2. The van der Waals surface area contributed by atoms with Crippen LogP contribution >= 0.6 is 0 Å². The molecule has 0 saturated carbocycles. The van der Waals surface area contributed by atoms with Crippen molar-refractivity contribution in [3.05, 3.63) is 59.5 Å². The average Bonchev–Trinajstić information content (AvgIpc) is 2.41. The van der Waals surface area contributed by atoms with Gasteiger partial charge in [-0.1, -0.05) is 34.7 Å². The molecule has 2 N–H and O–H groups in total. The quantitative estimate of drug-likeness (QED) is 0.632. The van der Waals surface area contributed by atoms with Gasteiger partial charge in [-0.2, -0.15) is 0 Å². The molecule has 1 aliphatic heterocycles. The Morgan fingerprint density at radius 2 is 1.79 bits per heavy atom. The number of nitrogen functional groups attached to an aromatic ring is 1. The van der Waals surface area contributed by atoms with Crippen molar-refractivity contribution in [2.45, 2.75) is 11.8 Å². The summed E-state index contributed by atoms with van der Waals surface area (Å²) in [6.45, 7) is 1.94. The van der Waals surface area contributed by atoms with Gasteiger partial charge in [0.25, 0.3) is 0 Å². The minimum absolute atomic E-state index is 0.564. The van der Waals surface area contributed by atoms with E-state index in [1.165, 1.54) is 0 Å². The first kappa shape index (κ1) is 12.1. The molecule has 2 aromatic rings. The van der Waals surface area contributed by atoms with E-state index in [9.17, 15) is 4.55 Å². The Balaban J connectivity index is 2.29. The SMILES string of the molecule is CC1=C[S+]([O-])(c2ccccc2)=Nc2c(N)cccc21. The van der Waals surface area contributed by atoms with Crippen molar-refractivity contribution >= 4 is 27.1 Å². The first-order valence-corrected chi connectivity index (χ1v) is 7.57. The van der Waals surface area contributed by atoms with Gasteiger partial charge >= 0.3 is 0 Å². The zero-order chi connectivity index (χ0) is 13.5. The molecule has 0 radical (unpaired) electrons. The van der Waals surface area contributed by atoms with Crippen LogP contribution in [0.25, 0.3) is 5.57 Å². The van der Waals surface area contributed by atoms with Crippen LogP contribution in [0.15, 0.2) is 63.2 Å². The maximum Gasteiger partial charge on any atom is 0.141 e. The number of fused-ring (bicyclic) bond motifs is 1. The fraction of sp³-hybridized carbons (Fsp3) is 0.0667. The van der Waals surface area contributed by atoms with Gasteiger partial charge in [-0.3, -0.25) is 0 Å². The minimum atomic E-state index is -2.57. The van der Waals surface area contributed by atoms with Gasteiger partial charge in [0.05, 0.1) is 5.69 Å². The maximum absolute atomic E-state index is 13.0. The van der Waals surface area contributed by atoms with Crippen molar-refractivity contribution in [2.24, 2.45) is 4.36 Å². The van der Waals surface area contributed by atoms with E-state index in [1.54, 1.807) is 11.5 Å².